The summed E-state index contributed by atoms with van der Waals surface area (Å²) in [7, 11) is 0. The maximum Gasteiger partial charge on any atom is 0.169 e. The van der Waals surface area contributed by atoms with Crippen LogP contribution in [0.4, 0.5) is 0 Å². The molecule has 0 aliphatic carbocycles. The van der Waals surface area contributed by atoms with Crippen LogP contribution in [-0.2, 0) is 37.9 Å². The summed E-state index contributed by atoms with van der Waals surface area (Å²) in [6.45, 7) is 12.2. The fourth-order valence-electron chi connectivity index (χ4n) is 3.42. The van der Waals surface area contributed by atoms with Gasteiger partial charge in [0.15, 0.2) is 10.2 Å². The first-order chi connectivity index (χ1) is 18.8. The molecule has 0 aromatic heterocycles. The molecule has 0 saturated carbocycles. The summed E-state index contributed by atoms with van der Waals surface area (Å²) in [4.78, 5) is 4.10. The van der Waals surface area contributed by atoms with Crippen LogP contribution in [0.25, 0.3) is 0 Å². The highest BCUT2D eigenvalue weighted by atomic mass is 32.1. The van der Waals surface area contributed by atoms with Crippen LogP contribution in [0, 0.1) is 0 Å². The van der Waals surface area contributed by atoms with E-state index in [0.29, 0.717) is 155 Å². The number of hydrogen-bond donors (Lipinski definition) is 2. The van der Waals surface area contributed by atoms with Crippen molar-refractivity contribution in [3.63, 3.8) is 0 Å². The fourth-order valence-corrected chi connectivity index (χ4v) is 3.99. The molecule has 3 fully saturated rings. The van der Waals surface area contributed by atoms with Crippen molar-refractivity contribution in [2.45, 2.75) is 0 Å². The van der Waals surface area contributed by atoms with Crippen molar-refractivity contribution < 1.29 is 37.9 Å². The lowest BCUT2D eigenvalue weighted by atomic mass is 10.5. The van der Waals surface area contributed by atoms with Crippen LogP contribution in [0.2, 0.25) is 0 Å². The van der Waals surface area contributed by atoms with Gasteiger partial charge in [-0.3, -0.25) is 0 Å². The quantitative estimate of drug-likeness (QED) is 0.283. The third-order valence-corrected chi connectivity index (χ3v) is 6.31. The number of fused-ring (bicyclic) bond motifs is 31. The van der Waals surface area contributed by atoms with Crippen LogP contribution in [0.1, 0.15) is 0 Å². The molecule has 14 heteroatoms. The van der Waals surface area contributed by atoms with Gasteiger partial charge in [0.05, 0.1) is 106 Å². The fraction of sp³-hybridized carbons (Fsp3) is 0.917. The van der Waals surface area contributed by atoms with E-state index in [9.17, 15) is 0 Å². The second-order valence-corrected chi connectivity index (χ2v) is 9.11. The highest BCUT2D eigenvalue weighted by Gasteiger charge is 2.12. The number of thiocarbonyl (C=S) groups is 2. The molecule has 0 aromatic rings. The lowest BCUT2D eigenvalue weighted by Crippen LogP contribution is -2.44. The van der Waals surface area contributed by atoms with Crippen LogP contribution in [0.15, 0.2) is 0 Å². The number of rotatable bonds is 0. The van der Waals surface area contributed by atoms with Crippen molar-refractivity contribution in [3.05, 3.63) is 0 Å². The summed E-state index contributed by atoms with van der Waals surface area (Å²) in [5, 5.41) is 7.81. The molecule has 3 rings (SSSR count). The molecule has 2 bridgehead atoms. The van der Waals surface area contributed by atoms with Gasteiger partial charge in [0.2, 0.25) is 0 Å². The maximum absolute atomic E-state index is 5.78. The molecule has 0 atom stereocenters. The second kappa shape index (κ2) is 23.9. The van der Waals surface area contributed by atoms with Crippen molar-refractivity contribution in [1.82, 2.24) is 20.4 Å². The summed E-state index contributed by atoms with van der Waals surface area (Å²) >= 11 is 11.2. The smallest absolute Gasteiger partial charge is 0.169 e. The Labute approximate surface area is 237 Å². The Morgan fingerprint density at radius 1 is 0.368 bits per heavy atom. The summed E-state index contributed by atoms with van der Waals surface area (Å²) < 4.78 is 45.4. The monoisotopic (exact) mass is 582 g/mol. The summed E-state index contributed by atoms with van der Waals surface area (Å²) in [6.07, 6.45) is 0. The van der Waals surface area contributed by atoms with Crippen LogP contribution in [0.5, 0.6) is 0 Å². The molecule has 222 valence electrons. The summed E-state index contributed by atoms with van der Waals surface area (Å²) in [6, 6.07) is 0. The van der Waals surface area contributed by atoms with E-state index in [1.807, 2.05) is 0 Å². The molecule has 3 heterocycles. The van der Waals surface area contributed by atoms with Crippen LogP contribution < -0.4 is 10.6 Å². The average molecular weight is 583 g/mol. The van der Waals surface area contributed by atoms with Crippen LogP contribution in [0.3, 0.4) is 0 Å². The molecular formula is C24H46N4O8S2. The molecule has 0 spiro atoms. The minimum atomic E-state index is 0.507. The van der Waals surface area contributed by atoms with Crippen molar-refractivity contribution in [3.8, 4) is 0 Å². The Kier molecular flexibility index (Phi) is 20.9. The van der Waals surface area contributed by atoms with E-state index in [4.69, 9.17) is 62.3 Å². The van der Waals surface area contributed by atoms with Gasteiger partial charge in [0.1, 0.15) is 0 Å². The van der Waals surface area contributed by atoms with E-state index in [2.05, 4.69) is 20.4 Å². The van der Waals surface area contributed by atoms with Gasteiger partial charge in [0.25, 0.3) is 0 Å². The number of ether oxygens (including phenoxy) is 8. The molecule has 0 aromatic carbocycles. The van der Waals surface area contributed by atoms with E-state index in [0.717, 1.165) is 0 Å². The van der Waals surface area contributed by atoms with E-state index < -0.39 is 0 Å². The van der Waals surface area contributed by atoms with Gasteiger partial charge < -0.3 is 58.3 Å². The number of nitrogens with one attached hydrogen (secondary N) is 2. The van der Waals surface area contributed by atoms with E-state index in [-0.39, 0.29) is 0 Å². The second-order valence-electron chi connectivity index (χ2n) is 8.34. The Bertz CT molecular complexity index is 542. The standard InChI is InChI=1S/C24H46N4O8S2/c37-23-25-1-7-29-13-19-35-21-22-36-20-14-30-8-2-26-24(38)28-5-11-33-17-15-31-9-3-27(23)4-10-32-16-18-34-12-6-28/h1-22H2,(H,25,37)(H,26,38). The normalized spacial score (nSPS) is 23.7. The Balaban J connectivity index is 1.88. The lowest BCUT2D eigenvalue weighted by molar-refractivity contribution is -0.000808. The predicted molar refractivity (Wildman–Crippen MR) is 151 cm³/mol. The zero-order valence-electron chi connectivity index (χ0n) is 22.5. The SMILES string of the molecule is S=C1NCCOCCOCCOCCOCCNC(=S)N2CCOCCOCCN1CCOCCOCC2. The van der Waals surface area contributed by atoms with Gasteiger partial charge in [-0.1, -0.05) is 0 Å². The largest absolute Gasteiger partial charge is 0.377 e. The average Bonchev–Trinajstić information content (AvgIpc) is 2.91. The Hall–Kier alpha value is -0.940. The predicted octanol–water partition coefficient (Wildman–Crippen LogP) is -0.501. The molecule has 0 unspecified atom stereocenters. The van der Waals surface area contributed by atoms with Gasteiger partial charge >= 0.3 is 0 Å². The van der Waals surface area contributed by atoms with Crippen molar-refractivity contribution in [1.29, 1.82) is 0 Å². The third kappa shape index (κ3) is 17.6. The molecule has 3 aliphatic rings. The molecule has 2 N–H and O–H groups in total. The van der Waals surface area contributed by atoms with E-state index >= 15 is 0 Å². The van der Waals surface area contributed by atoms with Crippen molar-refractivity contribution >= 4 is 34.7 Å². The van der Waals surface area contributed by atoms with Crippen LogP contribution >= 0.6 is 24.4 Å². The van der Waals surface area contributed by atoms with Gasteiger partial charge in [-0.25, -0.2) is 0 Å². The van der Waals surface area contributed by atoms with Crippen molar-refractivity contribution in [2.75, 3.05) is 145 Å². The van der Waals surface area contributed by atoms with Crippen LogP contribution in [-0.4, -0.2) is 165 Å². The topological polar surface area (TPSA) is 104 Å². The molecule has 0 radical (unpaired) electrons. The zero-order valence-corrected chi connectivity index (χ0v) is 24.2. The third-order valence-electron chi connectivity index (χ3n) is 5.50. The highest BCUT2D eigenvalue weighted by molar-refractivity contribution is 7.80. The molecule has 3 saturated heterocycles. The maximum atomic E-state index is 5.78. The number of hydrogen-bond acceptors (Lipinski definition) is 10. The minimum Gasteiger partial charge on any atom is -0.377 e. The summed E-state index contributed by atoms with van der Waals surface area (Å²) in [5.74, 6) is 0. The molecule has 12 nitrogen and oxygen atoms in total. The zero-order chi connectivity index (χ0) is 26.9. The van der Waals surface area contributed by atoms with E-state index in [1.165, 1.54) is 0 Å². The lowest BCUT2D eigenvalue weighted by Gasteiger charge is -2.27. The summed E-state index contributed by atoms with van der Waals surface area (Å²) in [5.41, 5.74) is 0. The van der Waals surface area contributed by atoms with Gasteiger partial charge in [-0.05, 0) is 24.4 Å². The molecule has 3 aliphatic heterocycles. The minimum absolute atomic E-state index is 0.507. The van der Waals surface area contributed by atoms with E-state index in [1.54, 1.807) is 0 Å². The highest BCUT2D eigenvalue weighted by Crippen LogP contribution is 1.96. The first-order valence-electron chi connectivity index (χ1n) is 13.4. The molecular weight excluding hydrogens is 536 g/mol. The van der Waals surface area contributed by atoms with Gasteiger partial charge in [-0.2, -0.15) is 0 Å². The molecule has 38 heavy (non-hydrogen) atoms. The first kappa shape index (κ1) is 33.3. The Morgan fingerprint density at radius 2 is 0.605 bits per heavy atom. The Morgan fingerprint density at radius 3 is 0.895 bits per heavy atom. The van der Waals surface area contributed by atoms with Gasteiger partial charge in [-0.15, -0.1) is 0 Å². The van der Waals surface area contributed by atoms with Gasteiger partial charge in [0, 0.05) is 39.3 Å². The first-order valence-corrected chi connectivity index (χ1v) is 14.3. The van der Waals surface area contributed by atoms with Crippen molar-refractivity contribution in [2.24, 2.45) is 0 Å². The number of nitrogens with zero attached hydrogens (tertiary/aromatic N) is 2. The molecule has 0 amide bonds.